The van der Waals surface area contributed by atoms with Crippen molar-refractivity contribution in [2.75, 3.05) is 0 Å². The van der Waals surface area contributed by atoms with Gasteiger partial charge in [-0.3, -0.25) is 25.4 Å². The highest BCUT2D eigenvalue weighted by Crippen LogP contribution is 2.21. The topological polar surface area (TPSA) is 83.6 Å². The molecule has 0 saturated heterocycles. The first-order chi connectivity index (χ1) is 12.1. The van der Waals surface area contributed by atoms with Crippen LogP contribution in [0.25, 0.3) is 11.4 Å². The number of amidine groups is 1. The third kappa shape index (κ3) is 2.90. The van der Waals surface area contributed by atoms with Crippen molar-refractivity contribution >= 4 is 11.5 Å². The molecule has 8 heteroatoms. The Kier molecular flexibility index (Phi) is 3.79. The smallest absolute Gasteiger partial charge is 0.179 e. The van der Waals surface area contributed by atoms with Crippen molar-refractivity contribution in [2.45, 2.75) is 32.9 Å². The first-order valence-corrected chi connectivity index (χ1v) is 8.24. The number of aromatic nitrogens is 4. The predicted molar refractivity (Wildman–Crippen MR) is 95.6 cm³/mol. The van der Waals surface area contributed by atoms with Gasteiger partial charge in [0.25, 0.3) is 0 Å². The zero-order valence-corrected chi connectivity index (χ0v) is 14.5. The SMILES string of the molecule is CC1=CN=C(C)C2N=C(CCc3nc(-c4cnccn4)cn3C)NN12. The van der Waals surface area contributed by atoms with E-state index >= 15 is 0 Å². The second-order valence-electron chi connectivity index (χ2n) is 6.22. The summed E-state index contributed by atoms with van der Waals surface area (Å²) in [5.74, 6) is 1.95. The Bertz CT molecular complexity index is 877. The summed E-state index contributed by atoms with van der Waals surface area (Å²) in [5.41, 5.74) is 7.06. The quantitative estimate of drug-likeness (QED) is 0.918. The highest BCUT2D eigenvalue weighted by atomic mass is 15.6. The lowest BCUT2D eigenvalue weighted by Gasteiger charge is -2.27. The van der Waals surface area contributed by atoms with E-state index in [2.05, 4.69) is 25.4 Å². The van der Waals surface area contributed by atoms with Crippen LogP contribution >= 0.6 is 0 Å². The maximum atomic E-state index is 4.75. The maximum absolute atomic E-state index is 4.75. The lowest BCUT2D eigenvalue weighted by Crippen LogP contribution is -2.43. The number of imidazole rings is 1. The summed E-state index contributed by atoms with van der Waals surface area (Å²) in [4.78, 5) is 22.2. The van der Waals surface area contributed by atoms with E-state index in [1.165, 1.54) is 0 Å². The van der Waals surface area contributed by atoms with E-state index in [-0.39, 0.29) is 6.17 Å². The molecule has 8 nitrogen and oxygen atoms in total. The van der Waals surface area contributed by atoms with Crippen molar-refractivity contribution in [1.82, 2.24) is 30.0 Å². The summed E-state index contributed by atoms with van der Waals surface area (Å²) in [5, 5.41) is 2.06. The highest BCUT2D eigenvalue weighted by molar-refractivity contribution is 5.94. The van der Waals surface area contributed by atoms with Gasteiger partial charge in [-0.1, -0.05) is 0 Å². The van der Waals surface area contributed by atoms with Gasteiger partial charge in [-0.15, -0.1) is 0 Å². The molecule has 0 aromatic carbocycles. The van der Waals surface area contributed by atoms with E-state index in [4.69, 9.17) is 9.98 Å². The normalized spacial score (nSPS) is 19.1. The second-order valence-corrected chi connectivity index (χ2v) is 6.22. The number of nitrogens with zero attached hydrogens (tertiary/aromatic N) is 7. The van der Waals surface area contributed by atoms with Gasteiger partial charge in [0.05, 0.1) is 17.6 Å². The molecule has 1 atom stereocenters. The van der Waals surface area contributed by atoms with Crippen LogP contribution in [0.5, 0.6) is 0 Å². The van der Waals surface area contributed by atoms with Crippen molar-refractivity contribution in [2.24, 2.45) is 17.0 Å². The van der Waals surface area contributed by atoms with Crippen molar-refractivity contribution in [1.29, 1.82) is 0 Å². The Labute approximate surface area is 146 Å². The first kappa shape index (κ1) is 15.5. The zero-order chi connectivity index (χ0) is 17.4. The standard InChI is InChI=1S/C17H20N8/c1-11-8-20-12(2)17-22-15(23-25(11)17)4-5-16-21-14(10-24(16)3)13-9-18-6-7-19-13/h6-10,17H,4-5H2,1-3H3,(H,22,23). The molecular weight excluding hydrogens is 316 g/mol. The van der Waals surface area contributed by atoms with Crippen LogP contribution in [-0.2, 0) is 13.5 Å². The van der Waals surface area contributed by atoms with Gasteiger partial charge >= 0.3 is 0 Å². The molecule has 128 valence electrons. The summed E-state index contributed by atoms with van der Waals surface area (Å²) < 4.78 is 2.03. The number of allylic oxidation sites excluding steroid dienone is 1. The van der Waals surface area contributed by atoms with Crippen molar-refractivity contribution in [3.05, 3.63) is 42.5 Å². The Balaban J connectivity index is 1.46. The molecule has 1 N–H and O–H groups in total. The second kappa shape index (κ2) is 6.12. The molecule has 4 rings (SSSR count). The molecule has 0 spiro atoms. The van der Waals surface area contributed by atoms with E-state index in [0.717, 1.165) is 47.3 Å². The number of hydrazine groups is 1. The van der Waals surface area contributed by atoms with Gasteiger partial charge in [-0.05, 0) is 13.8 Å². The van der Waals surface area contributed by atoms with Gasteiger partial charge in [0.15, 0.2) is 6.17 Å². The van der Waals surface area contributed by atoms with Gasteiger partial charge < -0.3 is 4.57 Å². The number of hydrogen-bond acceptors (Lipinski definition) is 7. The van der Waals surface area contributed by atoms with Crippen molar-refractivity contribution in [3.8, 4) is 11.4 Å². The molecule has 0 fully saturated rings. The molecule has 0 radical (unpaired) electrons. The molecule has 2 aliphatic rings. The van der Waals surface area contributed by atoms with E-state index < -0.39 is 0 Å². The lowest BCUT2D eigenvalue weighted by atomic mass is 10.2. The molecule has 0 amide bonds. The van der Waals surface area contributed by atoms with E-state index in [1.807, 2.05) is 37.9 Å². The average Bonchev–Trinajstić information content (AvgIpc) is 3.22. The number of aliphatic imine (C=N–C) groups is 2. The fourth-order valence-electron chi connectivity index (χ4n) is 2.96. The van der Waals surface area contributed by atoms with Crippen LogP contribution in [0.15, 0.2) is 46.7 Å². The highest BCUT2D eigenvalue weighted by Gasteiger charge is 2.30. The number of hydrogen-bond donors (Lipinski definition) is 1. The third-order valence-electron chi connectivity index (χ3n) is 4.36. The number of rotatable bonds is 4. The Hall–Kier alpha value is -3.03. The fraction of sp³-hybridized carbons (Fsp3) is 0.353. The molecule has 1 unspecified atom stereocenters. The predicted octanol–water partition coefficient (Wildman–Crippen LogP) is 1.69. The molecule has 0 saturated carbocycles. The van der Waals surface area contributed by atoms with Gasteiger partial charge in [0, 0.05) is 44.7 Å². The Morgan fingerprint density at radius 3 is 2.80 bits per heavy atom. The number of nitrogens with one attached hydrogen (secondary N) is 1. The summed E-state index contributed by atoms with van der Waals surface area (Å²) in [6.45, 7) is 4.03. The summed E-state index contributed by atoms with van der Waals surface area (Å²) in [6.07, 6.45) is 10.5. The zero-order valence-electron chi connectivity index (χ0n) is 14.5. The molecule has 2 aromatic rings. The van der Waals surface area contributed by atoms with E-state index in [9.17, 15) is 0 Å². The van der Waals surface area contributed by atoms with Gasteiger partial charge in [-0.2, -0.15) is 0 Å². The minimum Gasteiger partial charge on any atom is -0.337 e. The minimum absolute atomic E-state index is 0.0310. The molecule has 2 aromatic heterocycles. The van der Waals surface area contributed by atoms with Crippen molar-refractivity contribution < 1.29 is 0 Å². The van der Waals surface area contributed by atoms with Gasteiger partial charge in [0.2, 0.25) is 0 Å². The van der Waals surface area contributed by atoms with Crippen molar-refractivity contribution in [3.63, 3.8) is 0 Å². The van der Waals surface area contributed by atoms with Crippen LogP contribution in [0.3, 0.4) is 0 Å². The minimum atomic E-state index is -0.0310. The number of fused-ring (bicyclic) bond motifs is 1. The largest absolute Gasteiger partial charge is 0.337 e. The monoisotopic (exact) mass is 336 g/mol. The molecular formula is C17H20N8. The van der Waals surface area contributed by atoms with Gasteiger partial charge in [0.1, 0.15) is 23.0 Å². The molecule has 0 aliphatic carbocycles. The maximum Gasteiger partial charge on any atom is 0.179 e. The fourth-order valence-corrected chi connectivity index (χ4v) is 2.96. The van der Waals surface area contributed by atoms with E-state index in [0.29, 0.717) is 0 Å². The van der Waals surface area contributed by atoms with Crippen LogP contribution in [0.4, 0.5) is 0 Å². The van der Waals surface area contributed by atoms with Crippen LogP contribution in [0, 0.1) is 0 Å². The van der Waals surface area contributed by atoms with Crippen LogP contribution in [-0.4, -0.2) is 42.2 Å². The molecule has 25 heavy (non-hydrogen) atoms. The Morgan fingerprint density at radius 2 is 2.04 bits per heavy atom. The molecule has 0 bridgehead atoms. The Morgan fingerprint density at radius 1 is 1.16 bits per heavy atom. The average molecular weight is 336 g/mol. The summed E-state index contributed by atoms with van der Waals surface area (Å²) >= 11 is 0. The van der Waals surface area contributed by atoms with Crippen LogP contribution < -0.4 is 5.43 Å². The number of aryl methyl sites for hydroxylation is 2. The molecule has 4 heterocycles. The van der Waals surface area contributed by atoms with Crippen LogP contribution in [0.2, 0.25) is 0 Å². The lowest BCUT2D eigenvalue weighted by molar-refractivity contribution is 0.294. The van der Waals surface area contributed by atoms with Crippen LogP contribution in [0.1, 0.15) is 26.1 Å². The first-order valence-electron chi connectivity index (χ1n) is 8.24. The summed E-state index contributed by atoms with van der Waals surface area (Å²) in [7, 11) is 2.00. The third-order valence-corrected chi connectivity index (χ3v) is 4.36. The van der Waals surface area contributed by atoms with Gasteiger partial charge in [-0.25, -0.2) is 9.98 Å². The van der Waals surface area contributed by atoms with E-state index in [1.54, 1.807) is 18.6 Å². The molecule has 2 aliphatic heterocycles. The summed E-state index contributed by atoms with van der Waals surface area (Å²) in [6, 6.07) is 0.